The summed E-state index contributed by atoms with van der Waals surface area (Å²) < 4.78 is 5.29. The maximum Gasteiger partial charge on any atom is 0.341 e. The van der Waals surface area contributed by atoms with Gasteiger partial charge in [-0.25, -0.2) is 4.79 Å². The van der Waals surface area contributed by atoms with Crippen LogP contribution in [0.1, 0.15) is 61.8 Å². The minimum Gasteiger partial charge on any atom is -0.462 e. The van der Waals surface area contributed by atoms with Crippen LogP contribution in [0.3, 0.4) is 0 Å². The van der Waals surface area contributed by atoms with E-state index in [1.54, 1.807) is 92.7 Å². The lowest BCUT2D eigenvalue weighted by molar-refractivity contribution is -0.116. The number of hydrogen-bond acceptors (Lipinski definition) is 9. The Bertz CT molecular complexity index is 2220. The van der Waals surface area contributed by atoms with Gasteiger partial charge in [0.25, 0.3) is 17.7 Å². The van der Waals surface area contributed by atoms with E-state index in [4.69, 9.17) is 4.74 Å². The Balaban J connectivity index is 1.33. The number of para-hydroxylation sites is 1. The molecule has 0 fully saturated rings. The Labute approximate surface area is 334 Å². The first-order chi connectivity index (χ1) is 27.0. The monoisotopic (exact) mass is 789 g/mol. The number of hydrogen-bond donors (Lipinski definition) is 4. The third kappa shape index (κ3) is 10.7. The van der Waals surface area contributed by atoms with Crippen LogP contribution in [0, 0.1) is 6.92 Å². The Morgan fingerprint density at radius 2 is 1.45 bits per heavy atom. The van der Waals surface area contributed by atoms with Gasteiger partial charge in [0.1, 0.15) is 10.7 Å². The van der Waals surface area contributed by atoms with Crippen molar-refractivity contribution in [2.45, 2.75) is 37.3 Å². The molecule has 0 aliphatic carbocycles. The van der Waals surface area contributed by atoms with E-state index >= 15 is 0 Å². The zero-order chi connectivity index (χ0) is 40.2. The van der Waals surface area contributed by atoms with Crippen LogP contribution in [0.5, 0.6) is 0 Å². The van der Waals surface area contributed by atoms with E-state index in [1.807, 2.05) is 62.3 Å². The van der Waals surface area contributed by atoms with Gasteiger partial charge in [0.15, 0.2) is 0 Å². The van der Waals surface area contributed by atoms with Crippen molar-refractivity contribution in [1.82, 2.24) is 5.32 Å². The summed E-state index contributed by atoms with van der Waals surface area (Å²) in [5.74, 6) is -2.40. The quantitative estimate of drug-likeness (QED) is 0.0470. The van der Waals surface area contributed by atoms with Crippen LogP contribution in [0.2, 0.25) is 0 Å². The van der Waals surface area contributed by atoms with Crippen molar-refractivity contribution >= 4 is 80.8 Å². The molecular weight excluding hydrogens is 747 g/mol. The van der Waals surface area contributed by atoms with E-state index in [2.05, 4.69) is 21.3 Å². The fraction of sp³-hybridized carbons (Fsp3) is 0.186. The lowest BCUT2D eigenvalue weighted by Gasteiger charge is -2.16. The van der Waals surface area contributed by atoms with E-state index in [-0.39, 0.29) is 33.7 Å². The fourth-order valence-corrected chi connectivity index (χ4v) is 7.59. The highest BCUT2D eigenvalue weighted by Gasteiger charge is 2.29. The van der Waals surface area contributed by atoms with Crippen molar-refractivity contribution in [1.29, 1.82) is 0 Å². The molecule has 56 heavy (non-hydrogen) atoms. The van der Waals surface area contributed by atoms with E-state index in [0.717, 1.165) is 17.0 Å². The minimum absolute atomic E-state index is 0.0424. The maximum absolute atomic E-state index is 13.8. The van der Waals surface area contributed by atoms with Gasteiger partial charge in [0.2, 0.25) is 5.91 Å². The predicted molar refractivity (Wildman–Crippen MR) is 226 cm³/mol. The number of carbonyl (C=O) groups excluding carboxylic acids is 5. The van der Waals surface area contributed by atoms with Crippen molar-refractivity contribution < 1.29 is 28.7 Å². The lowest BCUT2D eigenvalue weighted by atomic mass is 10.1. The summed E-state index contributed by atoms with van der Waals surface area (Å²) in [5, 5.41) is 11.0. The molecule has 0 radical (unpaired) electrons. The summed E-state index contributed by atoms with van der Waals surface area (Å²) in [6.45, 7) is 5.32. The summed E-state index contributed by atoms with van der Waals surface area (Å²) in [6, 6.07) is 32.1. The molecule has 0 saturated heterocycles. The molecule has 0 spiro atoms. The van der Waals surface area contributed by atoms with Crippen molar-refractivity contribution in [2.75, 3.05) is 41.6 Å². The number of rotatable bonds is 15. The van der Waals surface area contributed by atoms with Gasteiger partial charge in [0, 0.05) is 41.6 Å². The lowest BCUT2D eigenvalue weighted by Crippen LogP contribution is -2.30. The zero-order valence-electron chi connectivity index (χ0n) is 31.7. The summed E-state index contributed by atoms with van der Waals surface area (Å²) >= 11 is 2.29. The van der Waals surface area contributed by atoms with Crippen LogP contribution in [-0.2, 0) is 14.3 Å². The van der Waals surface area contributed by atoms with E-state index in [1.165, 1.54) is 11.8 Å². The molecular formula is C43H43N5O6S2. The number of nitrogens with one attached hydrogen (secondary N) is 4. The number of benzene rings is 4. The zero-order valence-corrected chi connectivity index (χ0v) is 33.3. The molecule has 0 saturated carbocycles. The minimum atomic E-state index is -0.640. The maximum atomic E-state index is 13.8. The second-order valence-electron chi connectivity index (χ2n) is 12.7. The number of ether oxygens (including phenoxy) is 1. The molecule has 5 rings (SSSR count). The average Bonchev–Trinajstić information content (AvgIpc) is 3.52. The first-order valence-electron chi connectivity index (χ1n) is 17.9. The molecule has 1 heterocycles. The smallest absolute Gasteiger partial charge is 0.341 e. The molecule has 0 aliphatic rings. The van der Waals surface area contributed by atoms with Crippen LogP contribution in [-0.4, -0.2) is 55.6 Å². The number of amides is 4. The molecule has 1 aromatic heterocycles. The Morgan fingerprint density at radius 1 is 0.786 bits per heavy atom. The van der Waals surface area contributed by atoms with Crippen LogP contribution < -0.4 is 26.2 Å². The van der Waals surface area contributed by atoms with Crippen LogP contribution in [0.15, 0.2) is 120 Å². The SMILES string of the molecule is CCOC(=O)c1c(NC(=O)C(CC)Sc2cccc(NC(=O)/C(=C\c3ccc(N(C)C)cc3)NC(=O)c3ccccc3)c2)sc(C(=O)Nc2ccccc2)c1C. The van der Waals surface area contributed by atoms with Gasteiger partial charge < -0.3 is 30.9 Å². The highest BCUT2D eigenvalue weighted by Crippen LogP contribution is 2.36. The molecule has 1 atom stereocenters. The molecule has 4 aromatic carbocycles. The first kappa shape index (κ1) is 41.0. The molecule has 4 amide bonds. The second kappa shape index (κ2) is 19.4. The predicted octanol–water partition coefficient (Wildman–Crippen LogP) is 8.47. The Hall–Kier alpha value is -6.18. The summed E-state index contributed by atoms with van der Waals surface area (Å²) in [5.41, 5.74) is 3.71. The van der Waals surface area contributed by atoms with Crippen LogP contribution in [0.25, 0.3) is 6.08 Å². The summed E-state index contributed by atoms with van der Waals surface area (Å²) in [4.78, 5) is 69.9. The molecule has 13 heteroatoms. The van der Waals surface area contributed by atoms with Gasteiger partial charge >= 0.3 is 5.97 Å². The number of carbonyl (C=O) groups is 5. The number of thiophene rings is 1. The molecule has 1 unspecified atom stereocenters. The largest absolute Gasteiger partial charge is 0.462 e. The third-order valence-corrected chi connectivity index (χ3v) is 10.9. The number of thioether (sulfide) groups is 1. The number of esters is 1. The first-order valence-corrected chi connectivity index (χ1v) is 19.6. The van der Waals surface area contributed by atoms with Gasteiger partial charge in [-0.3, -0.25) is 19.2 Å². The average molecular weight is 790 g/mol. The standard InChI is InChI=1S/C43H43N5O6S2/c1-6-35(40(51)47-42-36(43(53)54-7-2)27(3)37(56-42)41(52)44-30-17-12-9-13-18-30)55-33-20-14-19-31(26-33)45-39(50)34(46-38(49)29-15-10-8-11-16-29)25-28-21-23-32(24-22-28)48(4)5/h8-26,35H,6-7H2,1-5H3,(H,44,52)(H,45,50)(H,46,49)(H,47,51)/b34-25+. The molecule has 4 N–H and O–H groups in total. The number of nitrogens with zero attached hydrogens (tertiary/aromatic N) is 1. The topological polar surface area (TPSA) is 146 Å². The van der Waals surface area contributed by atoms with Gasteiger partial charge in [-0.1, -0.05) is 61.5 Å². The van der Waals surface area contributed by atoms with Crippen molar-refractivity contribution in [2.24, 2.45) is 0 Å². The van der Waals surface area contributed by atoms with Gasteiger partial charge in [-0.15, -0.1) is 23.1 Å². The Kier molecular flexibility index (Phi) is 14.2. The normalized spacial score (nSPS) is 11.6. The van der Waals surface area contributed by atoms with Crippen molar-refractivity contribution in [3.63, 3.8) is 0 Å². The van der Waals surface area contributed by atoms with E-state index in [0.29, 0.717) is 39.4 Å². The van der Waals surface area contributed by atoms with Crippen molar-refractivity contribution in [3.05, 3.63) is 142 Å². The van der Waals surface area contributed by atoms with Gasteiger partial charge in [0.05, 0.1) is 22.3 Å². The van der Waals surface area contributed by atoms with E-state index in [9.17, 15) is 24.0 Å². The fourth-order valence-electron chi connectivity index (χ4n) is 5.48. The van der Waals surface area contributed by atoms with E-state index < -0.39 is 28.9 Å². The van der Waals surface area contributed by atoms with Crippen LogP contribution >= 0.6 is 23.1 Å². The number of anilines is 4. The molecule has 0 bridgehead atoms. The Morgan fingerprint density at radius 3 is 2.09 bits per heavy atom. The highest BCUT2D eigenvalue weighted by atomic mass is 32.2. The molecule has 0 aliphatic heterocycles. The second-order valence-corrected chi connectivity index (χ2v) is 14.9. The van der Waals surface area contributed by atoms with Crippen molar-refractivity contribution in [3.8, 4) is 0 Å². The van der Waals surface area contributed by atoms with Crippen LogP contribution in [0.4, 0.5) is 22.1 Å². The summed E-state index contributed by atoms with van der Waals surface area (Å²) in [7, 11) is 3.87. The molecule has 11 nitrogen and oxygen atoms in total. The highest BCUT2D eigenvalue weighted by molar-refractivity contribution is 8.00. The summed E-state index contributed by atoms with van der Waals surface area (Å²) in [6.07, 6.45) is 2.04. The third-order valence-electron chi connectivity index (χ3n) is 8.38. The van der Waals surface area contributed by atoms with Gasteiger partial charge in [-0.2, -0.15) is 0 Å². The van der Waals surface area contributed by atoms with Gasteiger partial charge in [-0.05, 0) is 92.1 Å². The molecule has 5 aromatic rings. The molecule has 288 valence electrons.